The number of aromatic nitrogens is 1. The molecular weight excluding hydrogens is 224 g/mol. The third kappa shape index (κ3) is 4.28. The van der Waals surface area contributed by atoms with Crippen LogP contribution in [-0.4, -0.2) is 22.1 Å². The van der Waals surface area contributed by atoms with Gasteiger partial charge in [0.25, 0.3) is 0 Å². The summed E-state index contributed by atoms with van der Waals surface area (Å²) in [7, 11) is 0. The van der Waals surface area contributed by atoms with Crippen LogP contribution in [0.3, 0.4) is 0 Å². The second kappa shape index (κ2) is 5.96. The van der Waals surface area contributed by atoms with Gasteiger partial charge in [-0.05, 0) is 27.2 Å². The average molecular weight is 242 g/mol. The molecule has 0 radical (unpaired) electrons. The third-order valence-electron chi connectivity index (χ3n) is 2.34. The molecule has 90 valence electrons. The van der Waals surface area contributed by atoms with Gasteiger partial charge < -0.3 is 10.4 Å². The highest BCUT2D eigenvalue weighted by atomic mass is 32.1. The fourth-order valence-electron chi connectivity index (χ4n) is 1.49. The maximum absolute atomic E-state index is 10.4. The van der Waals surface area contributed by atoms with Crippen LogP contribution in [0.4, 0.5) is 0 Å². The number of carboxylic acid groups (broad SMARTS) is 1. The van der Waals surface area contributed by atoms with E-state index in [1.165, 1.54) is 4.88 Å². The smallest absolute Gasteiger partial charge is 0.303 e. The minimum absolute atomic E-state index is 0.183. The van der Waals surface area contributed by atoms with Crippen LogP contribution in [0.2, 0.25) is 0 Å². The molecule has 0 saturated carbocycles. The highest BCUT2D eigenvalue weighted by Crippen LogP contribution is 2.19. The molecule has 1 aromatic heterocycles. The first-order valence-electron chi connectivity index (χ1n) is 5.39. The van der Waals surface area contributed by atoms with E-state index in [0.717, 1.165) is 5.01 Å². The number of nitrogens with one attached hydrogen (secondary N) is 1. The molecule has 0 aliphatic carbocycles. The predicted octanol–water partition coefficient (Wildman–Crippen LogP) is 2.36. The molecule has 0 saturated heterocycles. The quantitative estimate of drug-likeness (QED) is 0.804. The minimum Gasteiger partial charge on any atom is -0.481 e. The molecule has 4 nitrogen and oxygen atoms in total. The molecule has 16 heavy (non-hydrogen) atoms. The molecule has 1 heterocycles. The van der Waals surface area contributed by atoms with Crippen LogP contribution >= 0.6 is 11.3 Å². The molecule has 0 fully saturated rings. The molecule has 1 rings (SSSR count). The Kier molecular flexibility index (Phi) is 4.89. The Balaban J connectivity index is 2.39. The van der Waals surface area contributed by atoms with Crippen LogP contribution in [0, 0.1) is 6.92 Å². The summed E-state index contributed by atoms with van der Waals surface area (Å²) in [6, 6.07) is 0.373. The first-order valence-corrected chi connectivity index (χ1v) is 6.21. The number of hydrogen-bond donors (Lipinski definition) is 2. The van der Waals surface area contributed by atoms with Crippen molar-refractivity contribution in [1.82, 2.24) is 10.3 Å². The van der Waals surface area contributed by atoms with Crippen LogP contribution in [0.15, 0.2) is 6.20 Å². The monoisotopic (exact) mass is 242 g/mol. The lowest BCUT2D eigenvalue weighted by atomic mass is 10.1. The summed E-state index contributed by atoms with van der Waals surface area (Å²) >= 11 is 1.67. The van der Waals surface area contributed by atoms with Crippen molar-refractivity contribution >= 4 is 17.3 Å². The molecule has 2 atom stereocenters. The number of carboxylic acids is 1. The number of thiazole rings is 1. The van der Waals surface area contributed by atoms with Crippen molar-refractivity contribution in [2.45, 2.75) is 45.7 Å². The van der Waals surface area contributed by atoms with Crippen LogP contribution in [-0.2, 0) is 4.79 Å². The number of aliphatic carboxylic acids is 1. The summed E-state index contributed by atoms with van der Waals surface area (Å²) in [6.45, 7) is 6.08. The third-order valence-corrected chi connectivity index (χ3v) is 3.43. The summed E-state index contributed by atoms with van der Waals surface area (Å²) < 4.78 is 0. The summed E-state index contributed by atoms with van der Waals surface area (Å²) in [4.78, 5) is 15.9. The molecular formula is C11H18N2O2S. The van der Waals surface area contributed by atoms with Crippen molar-refractivity contribution < 1.29 is 9.90 Å². The Morgan fingerprint density at radius 2 is 2.31 bits per heavy atom. The van der Waals surface area contributed by atoms with Crippen LogP contribution in [0.5, 0.6) is 0 Å². The molecule has 1 aromatic rings. The lowest BCUT2D eigenvalue weighted by molar-refractivity contribution is -0.137. The van der Waals surface area contributed by atoms with Crippen LogP contribution in [0.1, 0.15) is 42.6 Å². The van der Waals surface area contributed by atoms with E-state index in [0.29, 0.717) is 6.42 Å². The van der Waals surface area contributed by atoms with Gasteiger partial charge in [-0.1, -0.05) is 0 Å². The zero-order valence-corrected chi connectivity index (χ0v) is 10.7. The van der Waals surface area contributed by atoms with Gasteiger partial charge in [0.05, 0.1) is 6.04 Å². The average Bonchev–Trinajstić information content (AvgIpc) is 2.62. The van der Waals surface area contributed by atoms with Gasteiger partial charge in [0.2, 0.25) is 0 Å². The molecule has 2 unspecified atom stereocenters. The van der Waals surface area contributed by atoms with E-state index in [9.17, 15) is 4.79 Å². The van der Waals surface area contributed by atoms with Crippen molar-refractivity contribution in [3.63, 3.8) is 0 Å². The molecule has 0 bridgehead atoms. The maximum Gasteiger partial charge on any atom is 0.303 e. The second-order valence-corrected chi connectivity index (χ2v) is 5.30. The fraction of sp³-hybridized carbons (Fsp3) is 0.636. The number of rotatable bonds is 6. The Bertz CT molecular complexity index is 352. The van der Waals surface area contributed by atoms with Gasteiger partial charge in [-0.3, -0.25) is 4.79 Å². The van der Waals surface area contributed by atoms with Gasteiger partial charge in [0.1, 0.15) is 5.01 Å². The lowest BCUT2D eigenvalue weighted by Gasteiger charge is -2.17. The van der Waals surface area contributed by atoms with E-state index < -0.39 is 5.97 Å². The van der Waals surface area contributed by atoms with Crippen molar-refractivity contribution in [2.75, 3.05) is 0 Å². The molecule has 5 heteroatoms. The highest BCUT2D eigenvalue weighted by Gasteiger charge is 2.13. The van der Waals surface area contributed by atoms with Gasteiger partial charge in [0.15, 0.2) is 0 Å². The largest absolute Gasteiger partial charge is 0.481 e. The predicted molar refractivity (Wildman–Crippen MR) is 64.7 cm³/mol. The van der Waals surface area contributed by atoms with Gasteiger partial charge in [-0.25, -0.2) is 4.98 Å². The van der Waals surface area contributed by atoms with Crippen molar-refractivity contribution in [3.8, 4) is 0 Å². The Labute approximate surface area is 99.7 Å². The Morgan fingerprint density at radius 1 is 1.62 bits per heavy atom. The zero-order chi connectivity index (χ0) is 12.1. The van der Waals surface area contributed by atoms with E-state index in [1.54, 1.807) is 11.3 Å². The van der Waals surface area contributed by atoms with Crippen LogP contribution < -0.4 is 5.32 Å². The van der Waals surface area contributed by atoms with Crippen molar-refractivity contribution in [3.05, 3.63) is 16.1 Å². The molecule has 0 amide bonds. The van der Waals surface area contributed by atoms with E-state index in [-0.39, 0.29) is 18.5 Å². The van der Waals surface area contributed by atoms with E-state index in [4.69, 9.17) is 5.11 Å². The standard InChI is InChI=1S/C11H18N2O2S/c1-7(4-5-10(14)15)13-9(3)11-12-6-8(2)16-11/h6-7,9,13H,4-5H2,1-3H3,(H,14,15). The number of hydrogen-bond acceptors (Lipinski definition) is 4. The van der Waals surface area contributed by atoms with Crippen molar-refractivity contribution in [1.29, 1.82) is 0 Å². The zero-order valence-electron chi connectivity index (χ0n) is 9.86. The molecule has 2 N–H and O–H groups in total. The molecule has 0 aromatic carbocycles. The van der Waals surface area contributed by atoms with Gasteiger partial charge >= 0.3 is 5.97 Å². The van der Waals surface area contributed by atoms with Gasteiger partial charge in [0, 0.05) is 23.5 Å². The summed E-state index contributed by atoms with van der Waals surface area (Å²) in [5.74, 6) is -0.744. The minimum atomic E-state index is -0.744. The number of nitrogens with zero attached hydrogens (tertiary/aromatic N) is 1. The maximum atomic E-state index is 10.4. The Hall–Kier alpha value is -0.940. The van der Waals surface area contributed by atoms with Gasteiger partial charge in [-0.2, -0.15) is 0 Å². The highest BCUT2D eigenvalue weighted by molar-refractivity contribution is 7.11. The summed E-state index contributed by atoms with van der Waals surface area (Å²) in [5.41, 5.74) is 0. The topological polar surface area (TPSA) is 62.2 Å². The summed E-state index contributed by atoms with van der Waals surface area (Å²) in [5, 5.41) is 13.0. The van der Waals surface area contributed by atoms with Crippen LogP contribution in [0.25, 0.3) is 0 Å². The first-order chi connectivity index (χ1) is 7.49. The first kappa shape index (κ1) is 13.1. The van der Waals surface area contributed by atoms with E-state index in [2.05, 4.69) is 17.2 Å². The lowest BCUT2D eigenvalue weighted by Crippen LogP contribution is -2.29. The fourth-order valence-corrected chi connectivity index (χ4v) is 2.28. The normalized spacial score (nSPS) is 14.7. The second-order valence-electron chi connectivity index (χ2n) is 4.03. The van der Waals surface area contributed by atoms with E-state index >= 15 is 0 Å². The number of aryl methyl sites for hydroxylation is 1. The molecule has 0 aliphatic heterocycles. The Morgan fingerprint density at radius 3 is 2.81 bits per heavy atom. The van der Waals surface area contributed by atoms with E-state index in [1.807, 2.05) is 20.0 Å². The molecule has 0 aliphatic rings. The number of carbonyl (C=O) groups is 1. The van der Waals surface area contributed by atoms with Crippen molar-refractivity contribution in [2.24, 2.45) is 0 Å². The van der Waals surface area contributed by atoms with Gasteiger partial charge in [-0.15, -0.1) is 11.3 Å². The molecule has 0 spiro atoms. The SMILES string of the molecule is Cc1cnc(C(C)NC(C)CCC(=O)O)s1. The summed E-state index contributed by atoms with van der Waals surface area (Å²) in [6.07, 6.45) is 2.71.